The molecular weight excluding hydrogens is 228 g/mol. The first kappa shape index (κ1) is 12.9. The molecule has 1 saturated heterocycles. The summed E-state index contributed by atoms with van der Waals surface area (Å²) in [7, 11) is 0. The van der Waals surface area contributed by atoms with Crippen molar-refractivity contribution in [2.45, 2.75) is 25.2 Å². The molecule has 0 aromatic heterocycles. The van der Waals surface area contributed by atoms with Gasteiger partial charge in [0, 0.05) is 26.1 Å². The highest BCUT2D eigenvalue weighted by molar-refractivity contribution is 5.76. The number of rotatable bonds is 3. The van der Waals surface area contributed by atoms with E-state index in [0.717, 1.165) is 25.9 Å². The molecule has 0 unspecified atom stereocenters. The van der Waals surface area contributed by atoms with E-state index >= 15 is 0 Å². The van der Waals surface area contributed by atoms with Gasteiger partial charge in [-0.3, -0.25) is 4.79 Å². The number of aromatic hydroxyl groups is 1. The average molecular weight is 248 g/mol. The molecule has 1 amide bonds. The molecule has 1 aliphatic heterocycles. The molecule has 2 rings (SSSR count). The normalized spacial score (nSPS) is 16.8. The van der Waals surface area contributed by atoms with Crippen molar-refractivity contribution in [1.29, 1.82) is 0 Å². The summed E-state index contributed by atoms with van der Waals surface area (Å²) >= 11 is 0. The van der Waals surface area contributed by atoms with E-state index in [2.05, 4.69) is 0 Å². The summed E-state index contributed by atoms with van der Waals surface area (Å²) in [4.78, 5) is 13.6. The molecule has 1 aromatic rings. The van der Waals surface area contributed by atoms with Gasteiger partial charge in [0.1, 0.15) is 5.75 Å². The third-order valence-electron chi connectivity index (χ3n) is 3.57. The lowest BCUT2D eigenvalue weighted by molar-refractivity contribution is -0.132. The summed E-state index contributed by atoms with van der Waals surface area (Å²) in [5.74, 6) is 0.962. The molecule has 0 saturated carbocycles. The van der Waals surface area contributed by atoms with Crippen LogP contribution in [0.4, 0.5) is 0 Å². The van der Waals surface area contributed by atoms with E-state index < -0.39 is 0 Å². The topological polar surface area (TPSA) is 66.6 Å². The van der Waals surface area contributed by atoms with Crippen LogP contribution in [0, 0.1) is 0 Å². The number of amides is 1. The van der Waals surface area contributed by atoms with E-state index in [9.17, 15) is 9.90 Å². The molecule has 1 heterocycles. The molecule has 0 spiro atoms. The van der Waals surface area contributed by atoms with Gasteiger partial charge in [-0.05, 0) is 36.5 Å². The summed E-state index contributed by atoms with van der Waals surface area (Å²) in [5.41, 5.74) is 6.65. The molecule has 1 fully saturated rings. The number of hydrogen-bond acceptors (Lipinski definition) is 3. The number of benzene rings is 1. The quantitative estimate of drug-likeness (QED) is 0.850. The molecule has 3 N–H and O–H groups in total. The third kappa shape index (κ3) is 3.01. The van der Waals surface area contributed by atoms with Gasteiger partial charge in [-0.15, -0.1) is 0 Å². The van der Waals surface area contributed by atoms with E-state index in [1.54, 1.807) is 12.1 Å². The summed E-state index contributed by atoms with van der Waals surface area (Å²) in [6, 6.07) is 7.39. The fourth-order valence-corrected chi connectivity index (χ4v) is 2.49. The predicted octanol–water partition coefficient (Wildman–Crippen LogP) is 1.45. The van der Waals surface area contributed by atoms with E-state index in [4.69, 9.17) is 5.73 Å². The Hall–Kier alpha value is -1.55. The molecule has 98 valence electrons. The van der Waals surface area contributed by atoms with Crippen molar-refractivity contribution in [3.63, 3.8) is 0 Å². The van der Waals surface area contributed by atoms with Gasteiger partial charge < -0.3 is 15.7 Å². The highest BCUT2D eigenvalue weighted by Crippen LogP contribution is 2.29. The number of carbonyl (C=O) groups is 1. The molecular formula is C14H20N2O2. The van der Waals surface area contributed by atoms with E-state index in [0.29, 0.717) is 24.6 Å². The van der Waals surface area contributed by atoms with Gasteiger partial charge in [-0.1, -0.05) is 12.1 Å². The number of piperidine rings is 1. The fraction of sp³-hybridized carbons (Fsp3) is 0.500. The van der Waals surface area contributed by atoms with Crippen molar-refractivity contribution in [3.8, 4) is 5.75 Å². The maximum Gasteiger partial charge on any atom is 0.223 e. The number of phenols is 1. The van der Waals surface area contributed by atoms with Crippen LogP contribution < -0.4 is 5.73 Å². The molecule has 4 heteroatoms. The van der Waals surface area contributed by atoms with Crippen LogP contribution in [0.15, 0.2) is 24.3 Å². The summed E-state index contributed by atoms with van der Waals surface area (Å²) in [5, 5.41) is 9.26. The van der Waals surface area contributed by atoms with E-state index in [-0.39, 0.29) is 5.91 Å². The van der Waals surface area contributed by atoms with Crippen LogP contribution in [0.1, 0.15) is 30.7 Å². The summed E-state index contributed by atoms with van der Waals surface area (Å²) < 4.78 is 0. The van der Waals surface area contributed by atoms with Crippen LogP contribution in [0.5, 0.6) is 5.75 Å². The lowest BCUT2D eigenvalue weighted by Gasteiger charge is -2.32. The molecule has 18 heavy (non-hydrogen) atoms. The Balaban J connectivity index is 1.90. The lowest BCUT2D eigenvalue weighted by atomic mass is 9.89. The number of phenolic OH excluding ortho intramolecular Hbond substituents is 1. The second kappa shape index (κ2) is 5.87. The average Bonchev–Trinajstić information content (AvgIpc) is 2.40. The zero-order chi connectivity index (χ0) is 13.0. The van der Waals surface area contributed by atoms with Crippen molar-refractivity contribution in [2.24, 2.45) is 5.73 Å². The lowest BCUT2D eigenvalue weighted by Crippen LogP contribution is -2.38. The van der Waals surface area contributed by atoms with Crippen molar-refractivity contribution >= 4 is 5.91 Å². The van der Waals surface area contributed by atoms with Crippen molar-refractivity contribution < 1.29 is 9.90 Å². The first-order valence-electron chi connectivity index (χ1n) is 6.47. The Morgan fingerprint density at radius 2 is 1.89 bits per heavy atom. The minimum Gasteiger partial charge on any atom is -0.508 e. The standard InChI is InChI=1S/C14H20N2O2/c15-8-5-14(18)16-9-6-12(7-10-16)11-1-3-13(17)4-2-11/h1-4,12,17H,5-10,15H2. The number of nitrogens with two attached hydrogens (primary N) is 1. The zero-order valence-electron chi connectivity index (χ0n) is 10.5. The minimum atomic E-state index is 0.168. The van der Waals surface area contributed by atoms with Crippen LogP contribution in [0.25, 0.3) is 0 Å². The number of likely N-dealkylation sites (tertiary alicyclic amines) is 1. The third-order valence-corrected chi connectivity index (χ3v) is 3.57. The van der Waals surface area contributed by atoms with Crippen LogP contribution in [0.2, 0.25) is 0 Å². The van der Waals surface area contributed by atoms with Crippen molar-refractivity contribution in [3.05, 3.63) is 29.8 Å². The maximum atomic E-state index is 11.7. The van der Waals surface area contributed by atoms with E-state index in [1.807, 2.05) is 17.0 Å². The smallest absolute Gasteiger partial charge is 0.223 e. The molecule has 0 aliphatic carbocycles. The van der Waals surface area contributed by atoms with Gasteiger partial charge in [-0.2, -0.15) is 0 Å². The Morgan fingerprint density at radius 3 is 2.44 bits per heavy atom. The molecule has 1 aromatic carbocycles. The Labute approximate surface area is 107 Å². The number of nitrogens with zero attached hydrogens (tertiary/aromatic N) is 1. The zero-order valence-corrected chi connectivity index (χ0v) is 10.5. The minimum absolute atomic E-state index is 0.168. The largest absolute Gasteiger partial charge is 0.508 e. The van der Waals surface area contributed by atoms with Gasteiger partial charge in [0.25, 0.3) is 0 Å². The number of hydrogen-bond donors (Lipinski definition) is 2. The Bertz CT molecular complexity index is 395. The second-order valence-corrected chi connectivity index (χ2v) is 4.79. The molecule has 0 atom stereocenters. The van der Waals surface area contributed by atoms with Gasteiger partial charge >= 0.3 is 0 Å². The monoisotopic (exact) mass is 248 g/mol. The molecule has 0 bridgehead atoms. The SMILES string of the molecule is NCCC(=O)N1CCC(c2ccc(O)cc2)CC1. The molecule has 1 aliphatic rings. The Kier molecular flexibility index (Phi) is 4.20. The van der Waals surface area contributed by atoms with Gasteiger partial charge in [-0.25, -0.2) is 0 Å². The second-order valence-electron chi connectivity index (χ2n) is 4.79. The van der Waals surface area contributed by atoms with Gasteiger partial charge in [0.2, 0.25) is 5.91 Å². The summed E-state index contributed by atoms with van der Waals surface area (Å²) in [6.07, 6.45) is 2.42. The van der Waals surface area contributed by atoms with Gasteiger partial charge in [0.05, 0.1) is 0 Å². The van der Waals surface area contributed by atoms with Crippen LogP contribution in [0.3, 0.4) is 0 Å². The molecule has 0 radical (unpaired) electrons. The Morgan fingerprint density at radius 1 is 1.28 bits per heavy atom. The van der Waals surface area contributed by atoms with Crippen LogP contribution in [-0.4, -0.2) is 35.5 Å². The first-order valence-corrected chi connectivity index (χ1v) is 6.47. The van der Waals surface area contributed by atoms with Crippen LogP contribution in [-0.2, 0) is 4.79 Å². The van der Waals surface area contributed by atoms with E-state index in [1.165, 1.54) is 5.56 Å². The van der Waals surface area contributed by atoms with Crippen molar-refractivity contribution in [2.75, 3.05) is 19.6 Å². The number of carbonyl (C=O) groups excluding carboxylic acids is 1. The summed E-state index contributed by atoms with van der Waals surface area (Å²) in [6.45, 7) is 2.05. The van der Waals surface area contributed by atoms with Crippen molar-refractivity contribution in [1.82, 2.24) is 4.90 Å². The molecule has 4 nitrogen and oxygen atoms in total. The maximum absolute atomic E-state index is 11.7. The first-order chi connectivity index (χ1) is 8.70. The highest BCUT2D eigenvalue weighted by atomic mass is 16.3. The predicted molar refractivity (Wildman–Crippen MR) is 70.3 cm³/mol. The highest BCUT2D eigenvalue weighted by Gasteiger charge is 2.23. The fourth-order valence-electron chi connectivity index (χ4n) is 2.49. The van der Waals surface area contributed by atoms with Crippen LogP contribution >= 0.6 is 0 Å². The van der Waals surface area contributed by atoms with Gasteiger partial charge in [0.15, 0.2) is 0 Å².